The Bertz CT molecular complexity index is 1070. The van der Waals surface area contributed by atoms with Gasteiger partial charge in [0.15, 0.2) is 5.82 Å². The molecule has 1 saturated heterocycles. The number of nitrogens with two attached hydrogens (primary N) is 1. The summed E-state index contributed by atoms with van der Waals surface area (Å²) in [5.41, 5.74) is 7.79. The van der Waals surface area contributed by atoms with E-state index in [1.807, 2.05) is 26.8 Å². The van der Waals surface area contributed by atoms with Crippen LogP contribution in [0.3, 0.4) is 0 Å². The Labute approximate surface area is 182 Å². The molecule has 0 radical (unpaired) electrons. The van der Waals surface area contributed by atoms with Gasteiger partial charge in [-0.1, -0.05) is 0 Å². The molecule has 0 aliphatic carbocycles. The van der Waals surface area contributed by atoms with Gasteiger partial charge in [-0.2, -0.15) is 5.10 Å². The number of nitrogens with zero attached hydrogens (tertiary/aromatic N) is 7. The van der Waals surface area contributed by atoms with Crippen molar-refractivity contribution in [2.75, 3.05) is 36.8 Å². The molecule has 11 heteroatoms. The zero-order valence-corrected chi connectivity index (χ0v) is 18.6. The van der Waals surface area contributed by atoms with E-state index in [0.29, 0.717) is 43.5 Å². The van der Waals surface area contributed by atoms with Crippen LogP contribution < -0.4 is 10.6 Å². The van der Waals surface area contributed by atoms with Gasteiger partial charge in [-0.15, -0.1) is 0 Å². The molecule has 158 valence electrons. The van der Waals surface area contributed by atoms with Crippen LogP contribution in [0.2, 0.25) is 0 Å². The fourth-order valence-electron chi connectivity index (χ4n) is 3.26. The molecule has 10 nitrogen and oxygen atoms in total. The third-order valence-electron chi connectivity index (χ3n) is 4.68. The highest BCUT2D eigenvalue weighted by Crippen LogP contribution is 2.30. The molecule has 1 fully saturated rings. The molecule has 1 aliphatic rings. The Morgan fingerprint density at radius 2 is 1.80 bits per heavy atom. The second-order valence-electron chi connectivity index (χ2n) is 8.01. The number of rotatable bonds is 2. The van der Waals surface area contributed by atoms with Crippen molar-refractivity contribution in [2.24, 2.45) is 0 Å². The van der Waals surface area contributed by atoms with Crippen LogP contribution in [0.1, 0.15) is 20.8 Å². The molecule has 2 N–H and O–H groups in total. The van der Waals surface area contributed by atoms with Crippen LogP contribution in [-0.2, 0) is 4.74 Å². The Morgan fingerprint density at radius 1 is 1.13 bits per heavy atom. The Kier molecular flexibility index (Phi) is 5.22. The Hall–Kier alpha value is -2.95. The molecule has 3 aromatic heterocycles. The third-order valence-corrected chi connectivity index (χ3v) is 5.29. The predicted molar refractivity (Wildman–Crippen MR) is 116 cm³/mol. The normalized spacial score (nSPS) is 14.9. The largest absolute Gasteiger partial charge is 0.444 e. The van der Waals surface area contributed by atoms with E-state index in [1.54, 1.807) is 21.8 Å². The molecule has 1 aliphatic heterocycles. The first-order chi connectivity index (χ1) is 14.2. The fraction of sp³-hybridized carbons (Fsp3) is 0.421. The lowest BCUT2D eigenvalue weighted by Crippen LogP contribution is -2.50. The SMILES string of the molecule is CC(C)(C)OC(=O)N1CCN(c2ncc(-c3cc(Br)c4c(N)ncnn34)cn2)CC1. The number of carbonyl (C=O) groups excluding carboxylic acids is 1. The average Bonchev–Trinajstić information content (AvgIpc) is 3.05. The number of piperazine rings is 1. The molecule has 0 unspecified atom stereocenters. The third kappa shape index (κ3) is 4.02. The van der Waals surface area contributed by atoms with Crippen LogP contribution in [0.25, 0.3) is 16.8 Å². The Morgan fingerprint density at radius 3 is 2.43 bits per heavy atom. The van der Waals surface area contributed by atoms with Crippen molar-refractivity contribution in [3.8, 4) is 11.3 Å². The minimum absolute atomic E-state index is 0.287. The minimum Gasteiger partial charge on any atom is -0.444 e. The van der Waals surface area contributed by atoms with Gasteiger partial charge in [-0.3, -0.25) is 0 Å². The standard InChI is InChI=1S/C19H23BrN8O2/c1-19(2,3)30-18(29)27-6-4-26(5-7-27)17-22-9-12(10-23-17)14-8-13(20)15-16(21)24-11-25-28(14)15/h8-11H,4-7H2,1-3H3,(H2,21,24,25). The van der Waals surface area contributed by atoms with Gasteiger partial charge in [0.05, 0.1) is 5.69 Å². The maximum atomic E-state index is 12.2. The number of carbonyl (C=O) groups is 1. The highest BCUT2D eigenvalue weighted by atomic mass is 79.9. The van der Waals surface area contributed by atoms with E-state index in [0.717, 1.165) is 15.7 Å². The molecule has 4 rings (SSSR count). The highest BCUT2D eigenvalue weighted by molar-refractivity contribution is 9.10. The van der Waals surface area contributed by atoms with Gasteiger partial charge < -0.3 is 20.3 Å². The number of amides is 1. The molecule has 0 bridgehead atoms. The number of hydrogen-bond donors (Lipinski definition) is 1. The maximum absolute atomic E-state index is 12.2. The quantitative estimate of drug-likeness (QED) is 0.602. The van der Waals surface area contributed by atoms with Crippen LogP contribution in [0, 0.1) is 0 Å². The average molecular weight is 475 g/mol. The molecule has 0 spiro atoms. The van der Waals surface area contributed by atoms with Gasteiger partial charge in [0.1, 0.15) is 17.4 Å². The van der Waals surface area contributed by atoms with E-state index in [9.17, 15) is 4.79 Å². The van der Waals surface area contributed by atoms with Crippen molar-refractivity contribution in [1.82, 2.24) is 29.5 Å². The molecule has 1 amide bonds. The van der Waals surface area contributed by atoms with Crippen molar-refractivity contribution in [1.29, 1.82) is 0 Å². The summed E-state index contributed by atoms with van der Waals surface area (Å²) in [6, 6.07) is 1.92. The van der Waals surface area contributed by atoms with Gasteiger partial charge in [0, 0.05) is 48.6 Å². The topological polar surface area (TPSA) is 115 Å². The maximum Gasteiger partial charge on any atom is 0.410 e. The highest BCUT2D eigenvalue weighted by Gasteiger charge is 2.26. The van der Waals surface area contributed by atoms with E-state index in [-0.39, 0.29) is 6.09 Å². The Balaban J connectivity index is 1.47. The number of ether oxygens (including phenoxy) is 1. The van der Waals surface area contributed by atoms with Crippen LogP contribution >= 0.6 is 15.9 Å². The second-order valence-corrected chi connectivity index (χ2v) is 8.86. The summed E-state index contributed by atoms with van der Waals surface area (Å²) < 4.78 is 7.96. The zero-order valence-electron chi connectivity index (χ0n) is 17.0. The number of halogens is 1. The first kappa shape index (κ1) is 20.3. The number of fused-ring (bicyclic) bond motifs is 1. The van der Waals surface area contributed by atoms with Crippen molar-refractivity contribution < 1.29 is 9.53 Å². The number of anilines is 2. The summed E-state index contributed by atoms with van der Waals surface area (Å²) in [5, 5.41) is 4.28. The zero-order chi connectivity index (χ0) is 21.5. The predicted octanol–water partition coefficient (Wildman–Crippen LogP) is 2.59. The molecule has 3 aromatic rings. The van der Waals surface area contributed by atoms with Crippen LogP contribution in [0.15, 0.2) is 29.3 Å². The molecular weight excluding hydrogens is 452 g/mol. The number of hydrogen-bond acceptors (Lipinski definition) is 8. The second kappa shape index (κ2) is 7.71. The first-order valence-electron chi connectivity index (χ1n) is 9.56. The smallest absolute Gasteiger partial charge is 0.410 e. The summed E-state index contributed by atoms with van der Waals surface area (Å²) in [7, 11) is 0. The summed E-state index contributed by atoms with van der Waals surface area (Å²) in [6.45, 7) is 8.00. The van der Waals surface area contributed by atoms with E-state index < -0.39 is 5.60 Å². The molecule has 0 atom stereocenters. The van der Waals surface area contributed by atoms with Gasteiger partial charge >= 0.3 is 6.09 Å². The molecule has 0 aromatic carbocycles. The summed E-state index contributed by atoms with van der Waals surface area (Å²) in [6.07, 6.45) is 4.65. The lowest BCUT2D eigenvalue weighted by atomic mass is 10.2. The molecule has 0 saturated carbocycles. The van der Waals surface area contributed by atoms with E-state index >= 15 is 0 Å². The van der Waals surface area contributed by atoms with E-state index in [1.165, 1.54) is 6.33 Å². The monoisotopic (exact) mass is 474 g/mol. The first-order valence-corrected chi connectivity index (χ1v) is 10.4. The number of nitrogen functional groups attached to an aromatic ring is 1. The minimum atomic E-state index is -0.499. The van der Waals surface area contributed by atoms with Crippen molar-refractivity contribution in [3.05, 3.63) is 29.3 Å². The molecular formula is C19H23BrN8O2. The van der Waals surface area contributed by atoms with Crippen LogP contribution in [0.5, 0.6) is 0 Å². The van der Waals surface area contributed by atoms with Crippen molar-refractivity contribution in [2.45, 2.75) is 26.4 Å². The molecule has 4 heterocycles. The fourth-order valence-corrected chi connectivity index (χ4v) is 3.85. The van der Waals surface area contributed by atoms with Gasteiger partial charge in [-0.05, 0) is 42.8 Å². The van der Waals surface area contributed by atoms with Gasteiger partial charge in [-0.25, -0.2) is 24.3 Å². The lowest BCUT2D eigenvalue weighted by Gasteiger charge is -2.35. The summed E-state index contributed by atoms with van der Waals surface area (Å²) in [5.74, 6) is 1.01. The van der Waals surface area contributed by atoms with E-state index in [4.69, 9.17) is 10.5 Å². The van der Waals surface area contributed by atoms with Crippen molar-refractivity contribution in [3.63, 3.8) is 0 Å². The van der Waals surface area contributed by atoms with Gasteiger partial charge in [0.2, 0.25) is 5.95 Å². The van der Waals surface area contributed by atoms with Gasteiger partial charge in [0.25, 0.3) is 0 Å². The lowest BCUT2D eigenvalue weighted by molar-refractivity contribution is 0.0240. The van der Waals surface area contributed by atoms with Crippen LogP contribution in [0.4, 0.5) is 16.6 Å². The number of aromatic nitrogens is 5. The molecule has 30 heavy (non-hydrogen) atoms. The summed E-state index contributed by atoms with van der Waals surface area (Å²) in [4.78, 5) is 29.1. The van der Waals surface area contributed by atoms with E-state index in [2.05, 4.69) is 40.9 Å². The summed E-state index contributed by atoms with van der Waals surface area (Å²) >= 11 is 3.51. The van der Waals surface area contributed by atoms with Crippen LogP contribution in [-0.4, -0.2) is 67.3 Å². The van der Waals surface area contributed by atoms with Crippen molar-refractivity contribution >= 4 is 39.3 Å².